The van der Waals surface area contributed by atoms with Crippen molar-refractivity contribution in [3.05, 3.63) is 33.3 Å². The summed E-state index contributed by atoms with van der Waals surface area (Å²) in [5.74, 6) is -0.207. The standard InChI is InChI=1S/C9H10BrClN2O/c10-6-1-2-8(11)7(5-6)9(14)13-4-3-12/h1-2,5H,3-4,12H2,(H,13,14). The minimum atomic E-state index is -0.207. The van der Waals surface area contributed by atoms with Crippen molar-refractivity contribution in [3.8, 4) is 0 Å². The van der Waals surface area contributed by atoms with E-state index in [1.807, 2.05) is 0 Å². The fourth-order valence-corrected chi connectivity index (χ4v) is 1.52. The van der Waals surface area contributed by atoms with Crippen LogP contribution in [0, 0.1) is 0 Å². The Morgan fingerprint density at radius 2 is 2.29 bits per heavy atom. The molecule has 1 aromatic carbocycles. The molecule has 0 fully saturated rings. The van der Waals surface area contributed by atoms with Gasteiger partial charge in [0.25, 0.3) is 5.91 Å². The highest BCUT2D eigenvalue weighted by Gasteiger charge is 2.09. The van der Waals surface area contributed by atoms with Gasteiger partial charge in [0.2, 0.25) is 0 Å². The molecule has 0 atom stereocenters. The number of rotatable bonds is 3. The van der Waals surface area contributed by atoms with Gasteiger partial charge in [-0.3, -0.25) is 4.79 Å². The van der Waals surface area contributed by atoms with E-state index in [1.54, 1.807) is 18.2 Å². The predicted molar refractivity (Wildman–Crippen MR) is 60.5 cm³/mol. The number of hydrogen-bond acceptors (Lipinski definition) is 2. The van der Waals surface area contributed by atoms with E-state index in [2.05, 4.69) is 21.2 Å². The Bertz CT molecular complexity index is 344. The number of carbonyl (C=O) groups excluding carboxylic acids is 1. The van der Waals surface area contributed by atoms with E-state index in [-0.39, 0.29) is 5.91 Å². The SMILES string of the molecule is NCCNC(=O)c1cc(Br)ccc1Cl. The first kappa shape index (κ1) is 11.5. The Labute approximate surface area is 95.7 Å². The lowest BCUT2D eigenvalue weighted by molar-refractivity contribution is 0.0955. The van der Waals surface area contributed by atoms with Gasteiger partial charge in [-0.1, -0.05) is 27.5 Å². The van der Waals surface area contributed by atoms with Crippen LogP contribution in [0.1, 0.15) is 10.4 Å². The number of carbonyl (C=O) groups is 1. The molecule has 0 saturated carbocycles. The second kappa shape index (κ2) is 5.34. The third-order valence-corrected chi connectivity index (χ3v) is 2.43. The van der Waals surface area contributed by atoms with Crippen LogP contribution >= 0.6 is 27.5 Å². The van der Waals surface area contributed by atoms with E-state index in [9.17, 15) is 4.79 Å². The van der Waals surface area contributed by atoms with Crippen molar-refractivity contribution < 1.29 is 4.79 Å². The van der Waals surface area contributed by atoms with Gasteiger partial charge >= 0.3 is 0 Å². The van der Waals surface area contributed by atoms with Gasteiger partial charge in [-0.2, -0.15) is 0 Å². The lowest BCUT2D eigenvalue weighted by Crippen LogP contribution is -2.29. The average molecular weight is 278 g/mol. The Hall–Kier alpha value is -0.580. The molecule has 5 heteroatoms. The van der Waals surface area contributed by atoms with Gasteiger partial charge in [-0.15, -0.1) is 0 Å². The summed E-state index contributed by atoms with van der Waals surface area (Å²) < 4.78 is 0.819. The molecule has 0 aliphatic rings. The van der Waals surface area contributed by atoms with Crippen LogP contribution in [0.2, 0.25) is 5.02 Å². The molecule has 1 aromatic rings. The highest BCUT2D eigenvalue weighted by Crippen LogP contribution is 2.20. The third-order valence-electron chi connectivity index (χ3n) is 1.60. The van der Waals surface area contributed by atoms with Crippen molar-refractivity contribution in [1.82, 2.24) is 5.32 Å². The largest absolute Gasteiger partial charge is 0.351 e. The Balaban J connectivity index is 2.83. The van der Waals surface area contributed by atoms with Gasteiger partial charge in [0, 0.05) is 17.6 Å². The molecular formula is C9H10BrClN2O. The fraction of sp³-hybridized carbons (Fsp3) is 0.222. The second-order valence-electron chi connectivity index (χ2n) is 2.67. The van der Waals surface area contributed by atoms with Crippen molar-refractivity contribution in [2.24, 2.45) is 5.73 Å². The predicted octanol–water partition coefficient (Wildman–Crippen LogP) is 1.79. The minimum Gasteiger partial charge on any atom is -0.351 e. The minimum absolute atomic E-state index is 0.207. The van der Waals surface area contributed by atoms with Crippen LogP contribution < -0.4 is 11.1 Å². The molecule has 3 nitrogen and oxygen atoms in total. The van der Waals surface area contributed by atoms with Gasteiger partial charge in [0.1, 0.15) is 0 Å². The summed E-state index contributed by atoms with van der Waals surface area (Å²) in [7, 11) is 0. The van der Waals surface area contributed by atoms with Gasteiger partial charge in [0.15, 0.2) is 0 Å². The first-order valence-corrected chi connectivity index (χ1v) is 5.25. The van der Waals surface area contributed by atoms with E-state index in [0.29, 0.717) is 23.7 Å². The van der Waals surface area contributed by atoms with Crippen LogP contribution in [0.25, 0.3) is 0 Å². The molecule has 0 aliphatic heterocycles. The van der Waals surface area contributed by atoms with Crippen LogP contribution in [-0.2, 0) is 0 Å². The summed E-state index contributed by atoms with van der Waals surface area (Å²) in [6.07, 6.45) is 0. The lowest BCUT2D eigenvalue weighted by atomic mass is 10.2. The summed E-state index contributed by atoms with van der Waals surface area (Å²) >= 11 is 9.13. The van der Waals surface area contributed by atoms with E-state index in [4.69, 9.17) is 17.3 Å². The Morgan fingerprint density at radius 1 is 1.57 bits per heavy atom. The average Bonchev–Trinajstić information content (AvgIpc) is 2.18. The number of benzene rings is 1. The maximum Gasteiger partial charge on any atom is 0.252 e. The summed E-state index contributed by atoms with van der Waals surface area (Å²) in [5.41, 5.74) is 5.72. The first-order chi connectivity index (χ1) is 6.65. The fourth-order valence-electron chi connectivity index (χ4n) is 0.952. The molecule has 3 N–H and O–H groups in total. The van der Waals surface area contributed by atoms with Crippen LogP contribution in [0.15, 0.2) is 22.7 Å². The summed E-state index contributed by atoms with van der Waals surface area (Å²) in [6.45, 7) is 0.860. The Morgan fingerprint density at radius 3 is 2.93 bits per heavy atom. The van der Waals surface area contributed by atoms with Crippen LogP contribution in [0.4, 0.5) is 0 Å². The molecule has 0 bridgehead atoms. The highest BCUT2D eigenvalue weighted by atomic mass is 79.9. The van der Waals surface area contributed by atoms with E-state index in [1.165, 1.54) is 0 Å². The summed E-state index contributed by atoms with van der Waals surface area (Å²) in [4.78, 5) is 11.5. The molecule has 0 unspecified atom stereocenters. The topological polar surface area (TPSA) is 55.1 Å². The first-order valence-electron chi connectivity index (χ1n) is 4.08. The number of nitrogens with two attached hydrogens (primary N) is 1. The molecule has 0 heterocycles. The zero-order valence-electron chi connectivity index (χ0n) is 7.39. The van der Waals surface area contributed by atoms with Crippen molar-refractivity contribution in [1.29, 1.82) is 0 Å². The summed E-state index contributed by atoms with van der Waals surface area (Å²) in [6, 6.07) is 5.12. The summed E-state index contributed by atoms with van der Waals surface area (Å²) in [5, 5.41) is 3.08. The number of nitrogens with one attached hydrogen (secondary N) is 1. The van der Waals surface area contributed by atoms with Crippen molar-refractivity contribution in [2.75, 3.05) is 13.1 Å². The van der Waals surface area contributed by atoms with Gasteiger partial charge in [0.05, 0.1) is 10.6 Å². The number of amides is 1. The maximum absolute atomic E-state index is 11.5. The van der Waals surface area contributed by atoms with Crippen LogP contribution in [0.5, 0.6) is 0 Å². The zero-order valence-corrected chi connectivity index (χ0v) is 9.73. The van der Waals surface area contributed by atoms with Crippen LogP contribution in [0.3, 0.4) is 0 Å². The number of hydrogen-bond donors (Lipinski definition) is 2. The van der Waals surface area contributed by atoms with Crippen LogP contribution in [-0.4, -0.2) is 19.0 Å². The lowest BCUT2D eigenvalue weighted by Gasteiger charge is -2.05. The Kier molecular flexibility index (Phi) is 4.38. The van der Waals surface area contributed by atoms with Crippen molar-refractivity contribution >= 4 is 33.4 Å². The normalized spacial score (nSPS) is 9.93. The monoisotopic (exact) mass is 276 g/mol. The molecule has 0 radical (unpaired) electrons. The molecule has 1 amide bonds. The molecule has 0 aliphatic carbocycles. The molecule has 0 spiro atoms. The maximum atomic E-state index is 11.5. The quantitative estimate of drug-likeness (QED) is 0.885. The number of halogens is 2. The molecule has 1 rings (SSSR count). The zero-order chi connectivity index (χ0) is 10.6. The van der Waals surface area contributed by atoms with Crippen molar-refractivity contribution in [2.45, 2.75) is 0 Å². The molecule has 0 aromatic heterocycles. The van der Waals surface area contributed by atoms with E-state index in [0.717, 1.165) is 4.47 Å². The smallest absolute Gasteiger partial charge is 0.252 e. The van der Waals surface area contributed by atoms with Gasteiger partial charge < -0.3 is 11.1 Å². The van der Waals surface area contributed by atoms with Crippen molar-refractivity contribution in [3.63, 3.8) is 0 Å². The molecular weight excluding hydrogens is 267 g/mol. The molecule has 0 saturated heterocycles. The molecule has 76 valence electrons. The second-order valence-corrected chi connectivity index (χ2v) is 3.99. The van der Waals surface area contributed by atoms with E-state index < -0.39 is 0 Å². The van der Waals surface area contributed by atoms with Gasteiger partial charge in [-0.05, 0) is 18.2 Å². The van der Waals surface area contributed by atoms with Gasteiger partial charge in [-0.25, -0.2) is 0 Å². The third kappa shape index (κ3) is 2.97. The molecule has 14 heavy (non-hydrogen) atoms. The highest BCUT2D eigenvalue weighted by molar-refractivity contribution is 9.10. The van der Waals surface area contributed by atoms with E-state index >= 15 is 0 Å².